The van der Waals surface area contributed by atoms with Crippen LogP contribution in [-0.2, 0) is 19.2 Å². The molecule has 7 heteroatoms. The van der Waals surface area contributed by atoms with Crippen LogP contribution < -0.4 is 0 Å². The van der Waals surface area contributed by atoms with Crippen LogP contribution in [0.3, 0.4) is 0 Å². The van der Waals surface area contributed by atoms with Gasteiger partial charge >= 0.3 is 5.97 Å². The number of hydrogen-bond donors (Lipinski definition) is 1. The molecule has 0 aliphatic carbocycles. The highest BCUT2D eigenvalue weighted by Gasteiger charge is 2.36. The van der Waals surface area contributed by atoms with Gasteiger partial charge in [-0.1, -0.05) is 5.16 Å². The van der Waals surface area contributed by atoms with Crippen molar-refractivity contribution in [1.82, 2.24) is 4.90 Å². The third kappa shape index (κ3) is 3.23. The van der Waals surface area contributed by atoms with E-state index in [9.17, 15) is 9.59 Å². The third-order valence-electron chi connectivity index (χ3n) is 3.28. The van der Waals surface area contributed by atoms with Crippen LogP contribution in [0.5, 0.6) is 0 Å². The summed E-state index contributed by atoms with van der Waals surface area (Å²) in [5.41, 5.74) is -0.100. The number of aliphatic carboxylic acids is 1. The maximum absolute atomic E-state index is 12.2. The second kappa shape index (κ2) is 6.01. The van der Waals surface area contributed by atoms with E-state index in [0.29, 0.717) is 19.7 Å². The number of rotatable bonds is 4. The first kappa shape index (κ1) is 13.8. The Hall–Kier alpha value is -1.63. The molecule has 0 radical (unpaired) electrons. The first-order chi connectivity index (χ1) is 9.11. The number of ether oxygens (including phenoxy) is 1. The van der Waals surface area contributed by atoms with Crippen molar-refractivity contribution in [2.75, 3.05) is 19.7 Å². The van der Waals surface area contributed by atoms with E-state index < -0.39 is 12.1 Å². The van der Waals surface area contributed by atoms with E-state index in [-0.39, 0.29) is 24.1 Å². The van der Waals surface area contributed by atoms with E-state index >= 15 is 0 Å². The van der Waals surface area contributed by atoms with E-state index in [1.807, 2.05) is 6.92 Å². The van der Waals surface area contributed by atoms with Crippen molar-refractivity contribution in [3.63, 3.8) is 0 Å². The summed E-state index contributed by atoms with van der Waals surface area (Å²) in [7, 11) is 0. The lowest BCUT2D eigenvalue weighted by Gasteiger charge is -2.33. The number of hydrogen-bond acceptors (Lipinski definition) is 5. The Morgan fingerprint density at radius 1 is 1.58 bits per heavy atom. The molecule has 0 aromatic heterocycles. The van der Waals surface area contributed by atoms with Crippen molar-refractivity contribution in [1.29, 1.82) is 0 Å². The molecule has 1 amide bonds. The van der Waals surface area contributed by atoms with Gasteiger partial charge < -0.3 is 19.6 Å². The van der Waals surface area contributed by atoms with Crippen molar-refractivity contribution in [3.8, 4) is 0 Å². The lowest BCUT2D eigenvalue weighted by atomic mass is 10.1. The molecule has 2 rings (SSSR count). The van der Waals surface area contributed by atoms with Gasteiger partial charge in [0.2, 0.25) is 6.10 Å². The largest absolute Gasteiger partial charge is 0.477 e. The van der Waals surface area contributed by atoms with Gasteiger partial charge in [0.15, 0.2) is 5.71 Å². The van der Waals surface area contributed by atoms with Crippen molar-refractivity contribution in [2.24, 2.45) is 5.16 Å². The van der Waals surface area contributed by atoms with Gasteiger partial charge in [-0.2, -0.15) is 0 Å². The van der Waals surface area contributed by atoms with Crippen molar-refractivity contribution >= 4 is 17.6 Å². The van der Waals surface area contributed by atoms with Gasteiger partial charge in [-0.05, 0) is 19.8 Å². The third-order valence-corrected chi connectivity index (χ3v) is 3.28. The molecule has 7 nitrogen and oxygen atoms in total. The highest BCUT2D eigenvalue weighted by Crippen LogP contribution is 2.18. The lowest BCUT2D eigenvalue weighted by Crippen LogP contribution is -2.47. The Balaban J connectivity index is 1.88. The summed E-state index contributed by atoms with van der Waals surface area (Å²) in [4.78, 5) is 29.5. The normalized spacial score (nSPS) is 26.8. The highest BCUT2D eigenvalue weighted by molar-refractivity contribution is 6.36. The van der Waals surface area contributed by atoms with Gasteiger partial charge in [0.25, 0.3) is 5.91 Å². The van der Waals surface area contributed by atoms with Gasteiger partial charge in [0, 0.05) is 26.1 Å². The molecule has 0 aromatic rings. The van der Waals surface area contributed by atoms with Crippen LogP contribution in [0.4, 0.5) is 0 Å². The number of likely N-dealkylation sites (tertiary alicyclic amines) is 1. The number of carbonyl (C=O) groups excluding carboxylic acids is 1. The fourth-order valence-electron chi connectivity index (χ4n) is 2.35. The predicted molar refractivity (Wildman–Crippen MR) is 65.8 cm³/mol. The zero-order chi connectivity index (χ0) is 13.8. The summed E-state index contributed by atoms with van der Waals surface area (Å²) in [5, 5.41) is 12.2. The quantitative estimate of drug-likeness (QED) is 0.790. The second-order valence-corrected chi connectivity index (χ2v) is 4.65. The SMILES string of the molecule is CCOC1CCCN(C(=O)C2CC(C(=O)O)=NO2)C1. The first-order valence-corrected chi connectivity index (χ1v) is 6.48. The Labute approximate surface area is 111 Å². The predicted octanol–water partition coefficient (Wildman–Crippen LogP) is 0.243. The minimum atomic E-state index is -1.14. The molecule has 0 spiro atoms. The highest BCUT2D eigenvalue weighted by atomic mass is 16.6. The van der Waals surface area contributed by atoms with Gasteiger partial charge in [0.1, 0.15) is 0 Å². The fourth-order valence-corrected chi connectivity index (χ4v) is 2.35. The van der Waals surface area contributed by atoms with Crippen LogP contribution in [0.2, 0.25) is 0 Å². The maximum atomic E-state index is 12.2. The van der Waals surface area contributed by atoms with E-state index in [4.69, 9.17) is 14.7 Å². The number of carboxylic acids is 1. The molecule has 2 atom stereocenters. The standard InChI is InChI=1S/C12H18N2O5/c1-2-18-8-4-3-5-14(7-8)11(15)10-6-9(12(16)17)13-19-10/h8,10H,2-7H2,1H3,(H,16,17). The molecule has 1 saturated heterocycles. The molecular weight excluding hydrogens is 252 g/mol. The number of amides is 1. The molecule has 0 saturated carbocycles. The minimum absolute atomic E-state index is 0.0317. The summed E-state index contributed by atoms with van der Waals surface area (Å²) < 4.78 is 5.53. The number of piperidine rings is 1. The summed E-state index contributed by atoms with van der Waals surface area (Å²) in [6.07, 6.45) is 1.12. The van der Waals surface area contributed by atoms with Crippen molar-refractivity contribution in [3.05, 3.63) is 0 Å². The average Bonchev–Trinajstić information content (AvgIpc) is 2.88. The van der Waals surface area contributed by atoms with Gasteiger partial charge in [0.05, 0.1) is 6.10 Å². The summed E-state index contributed by atoms with van der Waals surface area (Å²) in [6, 6.07) is 0. The zero-order valence-electron chi connectivity index (χ0n) is 10.9. The van der Waals surface area contributed by atoms with E-state index in [1.54, 1.807) is 4.90 Å². The molecular formula is C12H18N2O5. The first-order valence-electron chi connectivity index (χ1n) is 6.48. The molecule has 1 fully saturated rings. The lowest BCUT2D eigenvalue weighted by molar-refractivity contribution is -0.146. The smallest absolute Gasteiger partial charge is 0.353 e. The summed E-state index contributed by atoms with van der Waals surface area (Å²) in [6.45, 7) is 3.74. The molecule has 106 valence electrons. The number of nitrogens with zero attached hydrogens (tertiary/aromatic N) is 2. The number of oxime groups is 1. The molecule has 0 aromatic carbocycles. The van der Waals surface area contributed by atoms with Crippen LogP contribution in [0, 0.1) is 0 Å². The molecule has 19 heavy (non-hydrogen) atoms. The van der Waals surface area contributed by atoms with Gasteiger partial charge in [-0.25, -0.2) is 4.79 Å². The van der Waals surface area contributed by atoms with Crippen LogP contribution >= 0.6 is 0 Å². The molecule has 0 bridgehead atoms. The van der Waals surface area contributed by atoms with Crippen LogP contribution in [0.25, 0.3) is 0 Å². The van der Waals surface area contributed by atoms with E-state index in [1.165, 1.54) is 0 Å². The average molecular weight is 270 g/mol. The van der Waals surface area contributed by atoms with E-state index in [2.05, 4.69) is 5.16 Å². The minimum Gasteiger partial charge on any atom is -0.477 e. The van der Waals surface area contributed by atoms with E-state index in [0.717, 1.165) is 12.8 Å². The topological polar surface area (TPSA) is 88.4 Å². The fraction of sp³-hybridized carbons (Fsp3) is 0.750. The Morgan fingerprint density at radius 2 is 2.37 bits per heavy atom. The zero-order valence-corrected chi connectivity index (χ0v) is 10.9. The number of carboxylic acid groups (broad SMARTS) is 1. The second-order valence-electron chi connectivity index (χ2n) is 4.65. The van der Waals surface area contributed by atoms with Gasteiger partial charge in [-0.3, -0.25) is 4.79 Å². The summed E-state index contributed by atoms with van der Waals surface area (Å²) in [5.74, 6) is -1.34. The molecule has 2 aliphatic heterocycles. The monoisotopic (exact) mass is 270 g/mol. The Morgan fingerprint density at radius 3 is 3.00 bits per heavy atom. The van der Waals surface area contributed by atoms with Crippen LogP contribution in [0.15, 0.2) is 5.16 Å². The molecule has 1 N–H and O–H groups in total. The van der Waals surface area contributed by atoms with Crippen LogP contribution in [0.1, 0.15) is 26.2 Å². The summed E-state index contributed by atoms with van der Waals surface area (Å²) >= 11 is 0. The van der Waals surface area contributed by atoms with Crippen molar-refractivity contribution < 1.29 is 24.3 Å². The van der Waals surface area contributed by atoms with Crippen molar-refractivity contribution in [2.45, 2.75) is 38.4 Å². The molecule has 2 aliphatic rings. The molecule has 2 heterocycles. The van der Waals surface area contributed by atoms with Gasteiger partial charge in [-0.15, -0.1) is 0 Å². The number of carbonyl (C=O) groups is 2. The Kier molecular flexibility index (Phi) is 4.36. The Bertz CT molecular complexity index is 394. The van der Waals surface area contributed by atoms with Crippen LogP contribution in [-0.4, -0.2) is 59.5 Å². The molecule has 2 unspecified atom stereocenters. The maximum Gasteiger partial charge on any atom is 0.353 e.